The third-order valence-corrected chi connectivity index (χ3v) is 6.46. The third kappa shape index (κ3) is 4.19. The van der Waals surface area contributed by atoms with E-state index in [-0.39, 0.29) is 19.2 Å². The molecule has 1 N–H and O–H groups in total. The molecule has 3 heterocycles. The van der Waals surface area contributed by atoms with Gasteiger partial charge in [-0.05, 0) is 61.9 Å². The Morgan fingerprint density at radius 1 is 1.18 bits per heavy atom. The number of nitrogens with one attached hydrogen (secondary N) is 1. The molecule has 4 aromatic rings. The summed E-state index contributed by atoms with van der Waals surface area (Å²) in [7, 11) is 0. The van der Waals surface area contributed by atoms with Crippen LogP contribution in [0.4, 0.5) is 4.39 Å². The molecule has 8 nitrogen and oxygen atoms in total. The van der Waals surface area contributed by atoms with Crippen LogP contribution in [0.5, 0.6) is 11.5 Å². The van der Waals surface area contributed by atoms with Crippen molar-refractivity contribution in [2.75, 3.05) is 6.79 Å². The summed E-state index contributed by atoms with van der Waals surface area (Å²) < 4.78 is 31.0. The Balaban J connectivity index is 1.25. The highest BCUT2D eigenvalue weighted by atomic mass is 32.1. The lowest BCUT2D eigenvalue weighted by molar-refractivity contribution is -0.129. The average molecular weight is 482 g/mol. The van der Waals surface area contributed by atoms with Gasteiger partial charge in [-0.2, -0.15) is 5.10 Å². The predicted molar refractivity (Wildman–Crippen MR) is 123 cm³/mol. The van der Waals surface area contributed by atoms with Crippen LogP contribution in [0.15, 0.2) is 48.5 Å². The first-order valence-electron chi connectivity index (χ1n) is 10.5. The van der Waals surface area contributed by atoms with Crippen LogP contribution >= 0.6 is 11.3 Å². The molecule has 0 saturated heterocycles. The standard InChI is InChI=1S/C24H20FN3O5S/c1-13-18-10-21(34-23(18)28(27-13)17-6-4-16(25)5-7-17)24(30)33-14(2)22(29)26-11-15-3-8-19-20(9-15)32-12-31-19/h3-10,14H,11-12H2,1-2H3,(H,26,29). The Labute approximate surface area is 197 Å². The van der Waals surface area contributed by atoms with E-state index in [0.29, 0.717) is 22.1 Å². The quantitative estimate of drug-likeness (QED) is 0.417. The number of carbonyl (C=O) groups is 2. The minimum Gasteiger partial charge on any atom is -0.454 e. The zero-order chi connectivity index (χ0) is 23.8. The lowest BCUT2D eigenvalue weighted by Gasteiger charge is -2.13. The van der Waals surface area contributed by atoms with Crippen molar-refractivity contribution in [1.29, 1.82) is 0 Å². The van der Waals surface area contributed by atoms with E-state index < -0.39 is 18.0 Å². The van der Waals surface area contributed by atoms with Gasteiger partial charge in [0.25, 0.3) is 5.91 Å². The Bertz CT molecular complexity index is 1400. The number of carbonyl (C=O) groups excluding carboxylic acids is 2. The maximum absolute atomic E-state index is 13.3. The summed E-state index contributed by atoms with van der Waals surface area (Å²) in [6, 6.07) is 13.0. The summed E-state index contributed by atoms with van der Waals surface area (Å²) in [5.41, 5.74) is 2.24. The van der Waals surface area contributed by atoms with Gasteiger partial charge in [0.15, 0.2) is 17.6 Å². The van der Waals surface area contributed by atoms with Gasteiger partial charge in [0.2, 0.25) is 6.79 Å². The van der Waals surface area contributed by atoms with E-state index in [9.17, 15) is 14.0 Å². The van der Waals surface area contributed by atoms with E-state index in [2.05, 4.69) is 10.4 Å². The van der Waals surface area contributed by atoms with E-state index in [1.807, 2.05) is 13.0 Å². The van der Waals surface area contributed by atoms with Crippen molar-refractivity contribution >= 4 is 33.4 Å². The van der Waals surface area contributed by atoms with Crippen LogP contribution in [-0.2, 0) is 16.1 Å². The summed E-state index contributed by atoms with van der Waals surface area (Å²) in [5.74, 6) is -0.0631. The second kappa shape index (κ2) is 8.79. The predicted octanol–water partition coefficient (Wildman–Crippen LogP) is 4.12. The number of aryl methyl sites for hydroxylation is 1. The fourth-order valence-corrected chi connectivity index (χ4v) is 4.63. The first-order valence-corrected chi connectivity index (χ1v) is 11.3. The van der Waals surface area contributed by atoms with Crippen LogP contribution in [0.2, 0.25) is 0 Å². The molecule has 5 rings (SSSR count). The monoisotopic (exact) mass is 481 g/mol. The van der Waals surface area contributed by atoms with Crippen molar-refractivity contribution < 1.29 is 28.2 Å². The number of rotatable bonds is 6. The number of benzene rings is 2. The second-order valence-corrected chi connectivity index (χ2v) is 8.79. The molecular formula is C24H20FN3O5S. The number of thiophene rings is 1. The number of hydrogen-bond acceptors (Lipinski definition) is 7. The third-order valence-electron chi connectivity index (χ3n) is 5.37. The lowest BCUT2D eigenvalue weighted by Crippen LogP contribution is -2.35. The molecular weight excluding hydrogens is 461 g/mol. The van der Waals surface area contributed by atoms with Gasteiger partial charge < -0.3 is 19.5 Å². The second-order valence-electron chi connectivity index (χ2n) is 7.76. The largest absolute Gasteiger partial charge is 0.454 e. The van der Waals surface area contributed by atoms with E-state index in [1.165, 1.54) is 30.4 Å². The van der Waals surface area contributed by atoms with Crippen LogP contribution in [0.1, 0.15) is 27.9 Å². The fraction of sp³-hybridized carbons (Fsp3) is 0.208. The topological polar surface area (TPSA) is 91.7 Å². The molecule has 0 bridgehead atoms. The minimum absolute atomic E-state index is 0.178. The Morgan fingerprint density at radius 3 is 2.74 bits per heavy atom. The number of fused-ring (bicyclic) bond motifs is 2. The average Bonchev–Trinajstić information content (AvgIpc) is 3.54. The van der Waals surface area contributed by atoms with E-state index in [1.54, 1.807) is 35.0 Å². The molecule has 0 saturated carbocycles. The normalized spacial score (nSPS) is 13.1. The number of esters is 1. The summed E-state index contributed by atoms with van der Waals surface area (Å²) >= 11 is 1.20. The first kappa shape index (κ1) is 21.9. The molecule has 1 atom stereocenters. The fourth-order valence-electron chi connectivity index (χ4n) is 3.56. The molecule has 1 aliphatic heterocycles. The Kier molecular flexibility index (Phi) is 5.66. The minimum atomic E-state index is -0.985. The molecule has 0 aliphatic carbocycles. The number of halogens is 1. The Hall–Kier alpha value is -3.92. The van der Waals surface area contributed by atoms with Crippen molar-refractivity contribution in [3.05, 3.63) is 70.5 Å². The number of ether oxygens (including phenoxy) is 3. The molecule has 1 unspecified atom stereocenters. The zero-order valence-corrected chi connectivity index (χ0v) is 19.1. The van der Waals surface area contributed by atoms with Crippen molar-refractivity contribution in [3.8, 4) is 17.2 Å². The highest BCUT2D eigenvalue weighted by Crippen LogP contribution is 2.33. The van der Waals surface area contributed by atoms with E-state index in [4.69, 9.17) is 14.2 Å². The summed E-state index contributed by atoms with van der Waals surface area (Å²) in [5, 5.41) is 8.04. The van der Waals surface area contributed by atoms with Crippen molar-refractivity contribution in [2.45, 2.75) is 26.5 Å². The maximum Gasteiger partial charge on any atom is 0.349 e. The van der Waals surface area contributed by atoms with Crippen LogP contribution in [0.25, 0.3) is 15.9 Å². The van der Waals surface area contributed by atoms with Crippen molar-refractivity contribution in [3.63, 3.8) is 0 Å². The van der Waals surface area contributed by atoms with Gasteiger partial charge in [0.05, 0.1) is 11.4 Å². The smallest absolute Gasteiger partial charge is 0.349 e. The van der Waals surface area contributed by atoms with E-state index in [0.717, 1.165) is 21.5 Å². The van der Waals surface area contributed by atoms with Crippen molar-refractivity contribution in [1.82, 2.24) is 15.1 Å². The highest BCUT2D eigenvalue weighted by Gasteiger charge is 2.23. The molecule has 2 aromatic carbocycles. The van der Waals surface area contributed by atoms with Gasteiger partial charge in [-0.15, -0.1) is 11.3 Å². The van der Waals surface area contributed by atoms with Gasteiger partial charge in [0, 0.05) is 11.9 Å². The molecule has 34 heavy (non-hydrogen) atoms. The number of amides is 1. The van der Waals surface area contributed by atoms with Gasteiger partial charge >= 0.3 is 5.97 Å². The SMILES string of the molecule is Cc1nn(-c2ccc(F)cc2)c2sc(C(=O)OC(C)C(=O)NCc3ccc4c(c3)OCO4)cc12. The molecule has 1 aliphatic rings. The van der Waals surface area contributed by atoms with Crippen LogP contribution < -0.4 is 14.8 Å². The molecule has 0 radical (unpaired) electrons. The first-order chi connectivity index (χ1) is 16.4. The van der Waals surface area contributed by atoms with Gasteiger partial charge in [0.1, 0.15) is 15.5 Å². The zero-order valence-electron chi connectivity index (χ0n) is 18.3. The van der Waals surface area contributed by atoms with Crippen LogP contribution in [0, 0.1) is 12.7 Å². The summed E-state index contributed by atoms with van der Waals surface area (Å²) in [6.45, 7) is 3.78. The number of hydrogen-bond donors (Lipinski definition) is 1. The molecule has 174 valence electrons. The molecule has 0 fully saturated rings. The van der Waals surface area contributed by atoms with Crippen molar-refractivity contribution in [2.24, 2.45) is 0 Å². The van der Waals surface area contributed by atoms with E-state index >= 15 is 0 Å². The number of aromatic nitrogens is 2. The van der Waals surface area contributed by atoms with Crippen LogP contribution in [0.3, 0.4) is 0 Å². The summed E-state index contributed by atoms with van der Waals surface area (Å²) in [4.78, 5) is 26.3. The molecule has 1 amide bonds. The van der Waals surface area contributed by atoms with Gasteiger partial charge in [-0.1, -0.05) is 6.07 Å². The summed E-state index contributed by atoms with van der Waals surface area (Å²) in [6.07, 6.45) is -0.985. The maximum atomic E-state index is 13.3. The van der Waals surface area contributed by atoms with Gasteiger partial charge in [-0.25, -0.2) is 13.9 Å². The number of nitrogens with zero attached hydrogens (tertiary/aromatic N) is 2. The molecule has 0 spiro atoms. The van der Waals surface area contributed by atoms with Crippen LogP contribution in [-0.4, -0.2) is 34.6 Å². The lowest BCUT2D eigenvalue weighted by atomic mass is 10.2. The van der Waals surface area contributed by atoms with Gasteiger partial charge in [-0.3, -0.25) is 4.79 Å². The molecule has 2 aromatic heterocycles. The Morgan fingerprint density at radius 2 is 1.94 bits per heavy atom. The highest BCUT2D eigenvalue weighted by molar-refractivity contribution is 7.20. The molecule has 10 heteroatoms.